The lowest BCUT2D eigenvalue weighted by atomic mass is 9.90. The van der Waals surface area contributed by atoms with Gasteiger partial charge in [0.25, 0.3) is 5.56 Å². The Hall–Kier alpha value is -3.70. The van der Waals surface area contributed by atoms with Crippen molar-refractivity contribution in [2.75, 3.05) is 7.11 Å². The Morgan fingerprint density at radius 3 is 2.17 bits per heavy atom. The Morgan fingerprint density at radius 2 is 1.62 bits per heavy atom. The number of halogens is 2. The van der Waals surface area contributed by atoms with Gasteiger partial charge in [-0.15, -0.1) is 0 Å². The molecule has 3 aromatic rings. The van der Waals surface area contributed by atoms with E-state index in [1.807, 2.05) is 0 Å². The molecule has 0 radical (unpaired) electrons. The van der Waals surface area contributed by atoms with Crippen LogP contribution in [0.15, 0.2) is 53.5 Å². The van der Waals surface area contributed by atoms with Gasteiger partial charge in [-0.25, -0.2) is 17.7 Å². The molecule has 0 aliphatic carbocycles. The fourth-order valence-electron chi connectivity index (χ4n) is 4.06. The lowest BCUT2D eigenvalue weighted by Crippen LogP contribution is -2.47. The van der Waals surface area contributed by atoms with Crippen LogP contribution in [0.4, 0.5) is 8.78 Å². The molecule has 42 heavy (non-hydrogen) atoms. The largest absolute Gasteiger partial charge is 0.494 e. The summed E-state index contributed by atoms with van der Waals surface area (Å²) < 4.78 is 56.5. The summed E-state index contributed by atoms with van der Waals surface area (Å²) >= 11 is 0. The van der Waals surface area contributed by atoms with E-state index in [0.29, 0.717) is 0 Å². The minimum absolute atomic E-state index is 0.0324. The SMILES string of the molecule is COc1ccc(-c2cn(C)c(=O)cc2CC(N[S@@](=O)C(C)(C)C)C(=O)OC(C)(C)C)c(C(=O)c2ccc(F)cc2)c1F. The molecule has 0 aliphatic heterocycles. The fraction of sp³-hybridized carbons (Fsp3) is 0.387. The first-order valence-electron chi connectivity index (χ1n) is 13.2. The maximum absolute atomic E-state index is 15.8. The van der Waals surface area contributed by atoms with E-state index in [4.69, 9.17) is 9.47 Å². The Balaban J connectivity index is 2.24. The van der Waals surface area contributed by atoms with Crippen LogP contribution in [-0.4, -0.2) is 44.0 Å². The molecule has 0 saturated carbocycles. The van der Waals surface area contributed by atoms with Crippen LogP contribution < -0.4 is 15.0 Å². The lowest BCUT2D eigenvalue weighted by molar-refractivity contribution is -0.156. The summed E-state index contributed by atoms with van der Waals surface area (Å²) in [4.78, 5) is 39.7. The number of nitrogens with zero attached hydrogens (tertiary/aromatic N) is 1. The third kappa shape index (κ3) is 7.77. The normalized spacial score (nSPS) is 13.4. The van der Waals surface area contributed by atoms with Crippen molar-refractivity contribution in [3.63, 3.8) is 0 Å². The fourth-order valence-corrected chi connectivity index (χ4v) is 4.85. The molecule has 0 aliphatic rings. The van der Waals surface area contributed by atoms with Crippen LogP contribution in [0.1, 0.15) is 63.0 Å². The molecule has 0 bridgehead atoms. The van der Waals surface area contributed by atoms with Crippen molar-refractivity contribution in [3.05, 3.63) is 87.3 Å². The lowest BCUT2D eigenvalue weighted by Gasteiger charge is -2.27. The van der Waals surface area contributed by atoms with Crippen LogP contribution >= 0.6 is 0 Å². The van der Waals surface area contributed by atoms with Gasteiger partial charge in [0.05, 0.1) is 28.4 Å². The van der Waals surface area contributed by atoms with Crippen LogP contribution in [-0.2, 0) is 34.0 Å². The number of benzene rings is 2. The van der Waals surface area contributed by atoms with Gasteiger partial charge in [0, 0.05) is 36.9 Å². The van der Waals surface area contributed by atoms with Gasteiger partial charge in [0.2, 0.25) is 0 Å². The van der Waals surface area contributed by atoms with Crippen LogP contribution in [0.3, 0.4) is 0 Å². The molecule has 1 heterocycles. The van der Waals surface area contributed by atoms with Crippen LogP contribution in [0.25, 0.3) is 11.1 Å². The maximum Gasteiger partial charge on any atom is 0.324 e. The van der Waals surface area contributed by atoms with E-state index in [-0.39, 0.29) is 40.0 Å². The van der Waals surface area contributed by atoms with Crippen molar-refractivity contribution in [1.82, 2.24) is 9.29 Å². The summed E-state index contributed by atoms with van der Waals surface area (Å²) in [5.41, 5.74) is -0.928. The molecule has 226 valence electrons. The van der Waals surface area contributed by atoms with Gasteiger partial charge in [-0.3, -0.25) is 14.4 Å². The quantitative estimate of drug-likeness (QED) is 0.277. The van der Waals surface area contributed by atoms with E-state index in [9.17, 15) is 23.0 Å². The number of carbonyl (C=O) groups is 2. The predicted octanol–water partition coefficient (Wildman–Crippen LogP) is 4.87. The zero-order chi connectivity index (χ0) is 31.6. The van der Waals surface area contributed by atoms with E-state index in [0.717, 1.165) is 12.1 Å². The summed E-state index contributed by atoms with van der Waals surface area (Å²) in [7, 11) is 1.06. The Morgan fingerprint density at radius 1 is 1.00 bits per heavy atom. The van der Waals surface area contributed by atoms with E-state index >= 15 is 4.39 Å². The molecule has 0 spiro atoms. The number of methoxy groups -OCH3 is 1. The monoisotopic (exact) mass is 602 g/mol. The summed E-state index contributed by atoms with van der Waals surface area (Å²) in [5, 5.41) is 0. The zero-order valence-corrected chi connectivity index (χ0v) is 25.8. The van der Waals surface area contributed by atoms with E-state index in [1.54, 1.807) is 41.5 Å². The number of ketones is 1. The average molecular weight is 603 g/mol. The number of pyridine rings is 1. The highest BCUT2D eigenvalue weighted by Crippen LogP contribution is 2.35. The van der Waals surface area contributed by atoms with Gasteiger partial charge in [0.15, 0.2) is 17.3 Å². The molecule has 1 unspecified atom stereocenters. The van der Waals surface area contributed by atoms with E-state index in [1.165, 1.54) is 55.3 Å². The van der Waals surface area contributed by atoms with Gasteiger partial charge in [0.1, 0.15) is 17.5 Å². The average Bonchev–Trinajstić information content (AvgIpc) is 2.88. The minimum Gasteiger partial charge on any atom is -0.494 e. The number of hydrogen-bond acceptors (Lipinski definition) is 6. The highest BCUT2D eigenvalue weighted by Gasteiger charge is 2.32. The standard InChI is InChI=1S/C31H36F2N2O6S/c1-30(2,3)41-29(38)23(34-42(39)31(4,5)6)15-19-16-25(36)35(7)17-22(19)21-13-14-24(40-8)27(33)26(21)28(37)18-9-11-20(32)12-10-18/h9-14,16-17,23,34H,15H2,1-8H3/t23?,42-/m0/s1. The molecule has 3 rings (SSSR count). The summed E-state index contributed by atoms with van der Waals surface area (Å²) in [6.07, 6.45) is 1.27. The van der Waals surface area contributed by atoms with Gasteiger partial charge in [-0.1, -0.05) is 0 Å². The number of rotatable bonds is 9. The molecule has 1 aromatic heterocycles. The molecular formula is C31H36F2N2O6S. The number of nitrogens with one attached hydrogen (secondary N) is 1. The van der Waals surface area contributed by atoms with E-state index in [2.05, 4.69) is 4.72 Å². The van der Waals surface area contributed by atoms with Crippen molar-refractivity contribution in [2.45, 2.75) is 64.4 Å². The molecule has 0 saturated heterocycles. The predicted molar refractivity (Wildman–Crippen MR) is 158 cm³/mol. The molecule has 2 aromatic carbocycles. The van der Waals surface area contributed by atoms with Gasteiger partial charge < -0.3 is 14.0 Å². The number of aryl methyl sites for hydroxylation is 1. The number of hydrogen-bond donors (Lipinski definition) is 1. The highest BCUT2D eigenvalue weighted by molar-refractivity contribution is 7.84. The van der Waals surface area contributed by atoms with Crippen molar-refractivity contribution in [3.8, 4) is 16.9 Å². The van der Waals surface area contributed by atoms with Crippen LogP contribution in [0.5, 0.6) is 5.75 Å². The van der Waals surface area contributed by atoms with Crippen molar-refractivity contribution in [1.29, 1.82) is 0 Å². The van der Waals surface area contributed by atoms with Gasteiger partial charge in [-0.05, 0) is 89.1 Å². The molecule has 0 fully saturated rings. The number of ether oxygens (including phenoxy) is 2. The summed E-state index contributed by atoms with van der Waals surface area (Å²) in [5.74, 6) is -3.14. The first-order valence-corrected chi connectivity index (χ1v) is 14.4. The minimum atomic E-state index is -1.69. The summed E-state index contributed by atoms with van der Waals surface area (Å²) in [6, 6.07) is 7.62. The first kappa shape index (κ1) is 32.8. The zero-order valence-electron chi connectivity index (χ0n) is 25.0. The number of carbonyl (C=O) groups excluding carboxylic acids is 2. The Bertz CT molecular complexity index is 1570. The Kier molecular flexibility index (Phi) is 9.89. The highest BCUT2D eigenvalue weighted by atomic mass is 32.2. The summed E-state index contributed by atoms with van der Waals surface area (Å²) in [6.45, 7) is 10.3. The second-order valence-corrected chi connectivity index (χ2v) is 13.8. The second kappa shape index (κ2) is 12.7. The third-order valence-electron chi connectivity index (χ3n) is 6.18. The molecule has 8 nitrogen and oxygen atoms in total. The van der Waals surface area contributed by atoms with Crippen molar-refractivity contribution >= 4 is 22.7 Å². The smallest absolute Gasteiger partial charge is 0.324 e. The molecule has 2 atom stereocenters. The van der Waals surface area contributed by atoms with Crippen molar-refractivity contribution in [2.24, 2.45) is 7.05 Å². The van der Waals surface area contributed by atoms with Gasteiger partial charge in [-0.2, -0.15) is 0 Å². The number of aromatic nitrogens is 1. The second-order valence-electron chi connectivity index (χ2n) is 11.8. The molecule has 0 amide bonds. The first-order chi connectivity index (χ1) is 19.4. The van der Waals surface area contributed by atoms with E-state index < -0.39 is 56.3 Å². The topological polar surface area (TPSA) is 104 Å². The van der Waals surface area contributed by atoms with Crippen LogP contribution in [0, 0.1) is 11.6 Å². The van der Waals surface area contributed by atoms with Crippen LogP contribution in [0.2, 0.25) is 0 Å². The maximum atomic E-state index is 15.8. The number of esters is 1. The van der Waals surface area contributed by atoms with Crippen molar-refractivity contribution < 1.29 is 32.1 Å². The van der Waals surface area contributed by atoms with Gasteiger partial charge >= 0.3 is 5.97 Å². The Labute approximate surface area is 246 Å². The molecule has 1 N–H and O–H groups in total. The molecular weight excluding hydrogens is 566 g/mol. The molecule has 11 heteroatoms. The third-order valence-corrected chi connectivity index (χ3v) is 7.80.